The molecule has 2 fully saturated rings. The number of rotatable bonds is 11. The van der Waals surface area contributed by atoms with Crippen molar-refractivity contribution in [1.82, 2.24) is 0 Å². The fourth-order valence-electron chi connectivity index (χ4n) is 5.10. The molecule has 11 heteroatoms. The molecule has 0 amide bonds. The lowest BCUT2D eigenvalue weighted by atomic mass is 9.97. The van der Waals surface area contributed by atoms with Gasteiger partial charge in [-0.1, -0.05) is 55.5 Å². The standard InChI is InChI=1S/C35H46O10S/c1-8-46-33-28(39-20-19-24(30(37)44-34(2,3)4)31(38)45-35(5,6)7)27(42-29(36)22-15-11-9-12-16-22)26-25(41-33)21-40-32(43-26)23-17-13-10-14-18-23/h9-18,24-28,32-33H,8,19-21H2,1-7H3/t25-,26+,27+,28-,32?,33+/m1/s1. The van der Waals surface area contributed by atoms with Crippen LogP contribution in [-0.4, -0.2) is 77.9 Å². The quantitative estimate of drug-likeness (QED) is 0.164. The van der Waals surface area contributed by atoms with Crippen LogP contribution in [0.5, 0.6) is 0 Å². The number of ether oxygens (including phenoxy) is 7. The fourth-order valence-corrected chi connectivity index (χ4v) is 6.07. The van der Waals surface area contributed by atoms with Crippen LogP contribution in [-0.2, 0) is 42.7 Å². The third kappa shape index (κ3) is 10.0. The first-order valence-electron chi connectivity index (χ1n) is 15.7. The molecular weight excluding hydrogens is 612 g/mol. The minimum atomic E-state index is -1.22. The molecule has 0 saturated carbocycles. The zero-order valence-electron chi connectivity index (χ0n) is 27.6. The van der Waals surface area contributed by atoms with E-state index in [4.69, 9.17) is 33.2 Å². The van der Waals surface area contributed by atoms with Gasteiger partial charge in [-0.3, -0.25) is 9.59 Å². The van der Waals surface area contributed by atoms with Crippen molar-refractivity contribution in [2.24, 2.45) is 5.92 Å². The van der Waals surface area contributed by atoms with E-state index in [1.54, 1.807) is 65.8 Å². The summed E-state index contributed by atoms with van der Waals surface area (Å²) in [5, 5.41) is 0. The zero-order chi connectivity index (χ0) is 33.5. The second-order valence-corrected chi connectivity index (χ2v) is 14.5. The lowest BCUT2D eigenvalue weighted by molar-refractivity contribution is -0.321. The Kier molecular flexibility index (Phi) is 12.3. The van der Waals surface area contributed by atoms with Gasteiger partial charge in [-0.05, 0) is 65.8 Å². The summed E-state index contributed by atoms with van der Waals surface area (Å²) in [4.78, 5) is 39.7. The molecule has 46 heavy (non-hydrogen) atoms. The average molecular weight is 659 g/mol. The first kappa shape index (κ1) is 35.9. The van der Waals surface area contributed by atoms with Crippen LogP contribution >= 0.6 is 11.8 Å². The number of thioether (sulfide) groups is 1. The Hall–Kier alpha value is -2.96. The number of fused-ring (bicyclic) bond motifs is 1. The Bertz CT molecular complexity index is 1260. The molecule has 1 unspecified atom stereocenters. The van der Waals surface area contributed by atoms with E-state index in [1.165, 1.54) is 11.8 Å². The Morgan fingerprint density at radius 1 is 0.848 bits per heavy atom. The molecule has 4 rings (SSSR count). The first-order valence-corrected chi connectivity index (χ1v) is 16.7. The van der Waals surface area contributed by atoms with Crippen LogP contribution in [0.15, 0.2) is 60.7 Å². The highest BCUT2D eigenvalue weighted by atomic mass is 32.2. The highest BCUT2D eigenvalue weighted by Crippen LogP contribution is 2.39. The monoisotopic (exact) mass is 658 g/mol. The van der Waals surface area contributed by atoms with Crippen molar-refractivity contribution in [2.75, 3.05) is 19.0 Å². The molecule has 2 saturated heterocycles. The molecule has 0 spiro atoms. The molecule has 0 N–H and O–H groups in total. The van der Waals surface area contributed by atoms with Gasteiger partial charge in [0.2, 0.25) is 0 Å². The normalized spacial score (nSPS) is 25.0. The van der Waals surface area contributed by atoms with E-state index in [2.05, 4.69) is 0 Å². The van der Waals surface area contributed by atoms with Gasteiger partial charge in [0, 0.05) is 12.2 Å². The van der Waals surface area contributed by atoms with Gasteiger partial charge in [0.05, 0.1) is 12.2 Å². The van der Waals surface area contributed by atoms with E-state index in [0.29, 0.717) is 11.3 Å². The molecule has 0 bridgehead atoms. The molecule has 0 radical (unpaired) electrons. The Labute approximate surface area is 275 Å². The molecule has 2 aromatic carbocycles. The highest BCUT2D eigenvalue weighted by Gasteiger charge is 2.53. The lowest BCUT2D eigenvalue weighted by Crippen LogP contribution is -2.63. The number of benzene rings is 2. The molecule has 6 atom stereocenters. The summed E-state index contributed by atoms with van der Waals surface area (Å²) >= 11 is 1.49. The van der Waals surface area contributed by atoms with Crippen molar-refractivity contribution in [3.8, 4) is 0 Å². The van der Waals surface area contributed by atoms with Crippen molar-refractivity contribution >= 4 is 29.7 Å². The summed E-state index contributed by atoms with van der Waals surface area (Å²) < 4.78 is 42.6. The Morgan fingerprint density at radius 2 is 1.43 bits per heavy atom. The smallest absolute Gasteiger partial charge is 0.338 e. The van der Waals surface area contributed by atoms with Gasteiger partial charge < -0.3 is 33.2 Å². The molecule has 2 aromatic rings. The van der Waals surface area contributed by atoms with Crippen LogP contribution in [0.2, 0.25) is 0 Å². The van der Waals surface area contributed by atoms with E-state index in [0.717, 1.165) is 5.56 Å². The number of esters is 3. The topological polar surface area (TPSA) is 116 Å². The molecule has 2 aliphatic heterocycles. The lowest BCUT2D eigenvalue weighted by Gasteiger charge is -2.48. The summed E-state index contributed by atoms with van der Waals surface area (Å²) in [6.07, 6.45) is -3.68. The van der Waals surface area contributed by atoms with Gasteiger partial charge >= 0.3 is 17.9 Å². The fraction of sp³-hybridized carbons (Fsp3) is 0.571. The van der Waals surface area contributed by atoms with Crippen LogP contribution in [0.1, 0.15) is 77.1 Å². The minimum absolute atomic E-state index is 0.0199. The van der Waals surface area contributed by atoms with E-state index in [9.17, 15) is 14.4 Å². The van der Waals surface area contributed by atoms with Crippen LogP contribution in [0.3, 0.4) is 0 Å². The van der Waals surface area contributed by atoms with Crippen LogP contribution < -0.4 is 0 Å². The van der Waals surface area contributed by atoms with E-state index in [-0.39, 0.29) is 19.6 Å². The third-order valence-electron chi connectivity index (χ3n) is 7.04. The van der Waals surface area contributed by atoms with Crippen molar-refractivity contribution in [3.63, 3.8) is 0 Å². The first-order chi connectivity index (χ1) is 21.8. The number of carbonyl (C=O) groups is 3. The minimum Gasteiger partial charge on any atom is -0.459 e. The predicted molar refractivity (Wildman–Crippen MR) is 172 cm³/mol. The average Bonchev–Trinajstić information content (AvgIpc) is 2.99. The number of hydrogen-bond donors (Lipinski definition) is 0. The SMILES string of the molecule is CCS[C@@H]1O[C@@H]2COC(c3ccccc3)O[C@@H]2[C@H](OC(=O)c2ccccc2)[C@H]1OCCC(C(=O)OC(C)(C)C)C(=O)OC(C)(C)C. The largest absolute Gasteiger partial charge is 0.459 e. The van der Waals surface area contributed by atoms with Crippen LogP contribution in [0, 0.1) is 5.92 Å². The Morgan fingerprint density at radius 3 is 2.00 bits per heavy atom. The van der Waals surface area contributed by atoms with Crippen LogP contribution in [0.25, 0.3) is 0 Å². The summed E-state index contributed by atoms with van der Waals surface area (Å²) in [6, 6.07) is 18.2. The zero-order valence-corrected chi connectivity index (χ0v) is 28.5. The molecule has 0 aromatic heterocycles. The number of hydrogen-bond acceptors (Lipinski definition) is 11. The van der Waals surface area contributed by atoms with Crippen molar-refractivity contribution in [2.45, 2.75) is 102 Å². The second-order valence-electron chi connectivity index (χ2n) is 13.2. The maximum Gasteiger partial charge on any atom is 0.338 e. The second kappa shape index (κ2) is 15.8. The molecule has 2 heterocycles. The summed E-state index contributed by atoms with van der Waals surface area (Å²) in [6.45, 7) is 12.6. The maximum atomic E-state index is 13.4. The van der Waals surface area contributed by atoms with Crippen molar-refractivity contribution in [1.29, 1.82) is 0 Å². The van der Waals surface area contributed by atoms with E-state index in [1.807, 2.05) is 43.3 Å². The summed E-state index contributed by atoms with van der Waals surface area (Å²) in [5.74, 6) is -2.47. The van der Waals surface area contributed by atoms with E-state index >= 15 is 0 Å². The van der Waals surface area contributed by atoms with Gasteiger partial charge in [-0.25, -0.2) is 4.79 Å². The van der Waals surface area contributed by atoms with Gasteiger partial charge in [-0.2, -0.15) is 0 Å². The van der Waals surface area contributed by atoms with Crippen molar-refractivity contribution in [3.05, 3.63) is 71.8 Å². The summed E-state index contributed by atoms with van der Waals surface area (Å²) in [7, 11) is 0. The van der Waals surface area contributed by atoms with Crippen molar-refractivity contribution < 1.29 is 47.5 Å². The predicted octanol–water partition coefficient (Wildman–Crippen LogP) is 5.88. The van der Waals surface area contributed by atoms with Gasteiger partial charge in [-0.15, -0.1) is 11.8 Å². The maximum absolute atomic E-state index is 13.4. The molecular formula is C35H46O10S. The van der Waals surface area contributed by atoms with Gasteiger partial charge in [0.1, 0.15) is 34.9 Å². The third-order valence-corrected chi connectivity index (χ3v) is 8.08. The van der Waals surface area contributed by atoms with Gasteiger partial charge in [0.15, 0.2) is 18.3 Å². The molecule has 0 aliphatic carbocycles. The highest BCUT2D eigenvalue weighted by molar-refractivity contribution is 7.99. The van der Waals surface area contributed by atoms with Gasteiger partial charge in [0.25, 0.3) is 0 Å². The van der Waals surface area contributed by atoms with E-state index < -0.39 is 71.2 Å². The van der Waals surface area contributed by atoms with Crippen LogP contribution in [0.4, 0.5) is 0 Å². The molecule has 252 valence electrons. The number of carbonyl (C=O) groups excluding carboxylic acids is 3. The summed E-state index contributed by atoms with van der Waals surface area (Å²) in [5.41, 5.74) is -0.971. The molecule has 2 aliphatic rings. The molecule has 10 nitrogen and oxygen atoms in total. The Balaban J connectivity index is 1.60.